The van der Waals surface area contributed by atoms with Crippen LogP contribution in [0, 0.1) is 21.4 Å². The Bertz CT molecular complexity index is 653. The van der Waals surface area contributed by atoms with E-state index < -0.39 is 4.92 Å². The van der Waals surface area contributed by atoms with E-state index in [-0.39, 0.29) is 5.69 Å². The largest absolute Gasteiger partial charge is 0.342 e. The molecule has 6 nitrogen and oxygen atoms in total. The second-order valence-corrected chi connectivity index (χ2v) is 4.48. The maximum Gasteiger partial charge on any atom is 0.269 e. The molecule has 0 aliphatic heterocycles. The predicted octanol–water partition coefficient (Wildman–Crippen LogP) is 2.09. The van der Waals surface area contributed by atoms with Crippen molar-refractivity contribution in [3.63, 3.8) is 0 Å². The van der Waals surface area contributed by atoms with Crippen molar-refractivity contribution in [1.29, 1.82) is 5.26 Å². The number of nitrogens with one attached hydrogen (secondary N) is 1. The molecule has 0 aliphatic rings. The van der Waals surface area contributed by atoms with Gasteiger partial charge in [-0.25, -0.2) is 0 Å². The summed E-state index contributed by atoms with van der Waals surface area (Å²) < 4.78 is 1.78. The van der Waals surface area contributed by atoms with Crippen LogP contribution in [0.1, 0.15) is 16.8 Å². The molecule has 2 aromatic rings. The van der Waals surface area contributed by atoms with Crippen molar-refractivity contribution in [3.05, 3.63) is 63.5 Å². The zero-order chi connectivity index (χ0) is 14.5. The molecular weight excluding hydrogens is 256 g/mol. The number of aromatic nitrogens is 1. The van der Waals surface area contributed by atoms with Crippen LogP contribution in [0.15, 0.2) is 36.5 Å². The minimum absolute atomic E-state index is 0.0930. The number of hydrogen-bond acceptors (Lipinski definition) is 4. The fourth-order valence-electron chi connectivity index (χ4n) is 1.93. The van der Waals surface area contributed by atoms with Gasteiger partial charge in [0.2, 0.25) is 0 Å². The van der Waals surface area contributed by atoms with E-state index in [0.29, 0.717) is 18.8 Å². The smallest absolute Gasteiger partial charge is 0.269 e. The second-order valence-electron chi connectivity index (χ2n) is 4.48. The van der Waals surface area contributed by atoms with Crippen LogP contribution in [-0.4, -0.2) is 9.49 Å². The molecule has 1 aromatic heterocycles. The monoisotopic (exact) mass is 270 g/mol. The Hall–Kier alpha value is -2.65. The lowest BCUT2D eigenvalue weighted by molar-refractivity contribution is -0.384. The molecule has 6 heteroatoms. The van der Waals surface area contributed by atoms with E-state index in [0.717, 1.165) is 11.1 Å². The van der Waals surface area contributed by atoms with Crippen LogP contribution in [0.3, 0.4) is 0 Å². The summed E-state index contributed by atoms with van der Waals surface area (Å²) in [5.74, 6) is 0. The van der Waals surface area contributed by atoms with Gasteiger partial charge in [0.15, 0.2) is 0 Å². The number of rotatable bonds is 5. The van der Waals surface area contributed by atoms with Crippen molar-refractivity contribution in [2.24, 2.45) is 7.05 Å². The van der Waals surface area contributed by atoms with Gasteiger partial charge in [-0.1, -0.05) is 12.1 Å². The van der Waals surface area contributed by atoms with Gasteiger partial charge in [0.05, 0.1) is 4.92 Å². The van der Waals surface area contributed by atoms with E-state index in [4.69, 9.17) is 5.26 Å². The maximum atomic E-state index is 10.5. The highest BCUT2D eigenvalue weighted by Gasteiger charge is 2.04. The Labute approximate surface area is 116 Å². The molecule has 2 rings (SSSR count). The van der Waals surface area contributed by atoms with Crippen molar-refractivity contribution in [2.75, 3.05) is 0 Å². The Balaban J connectivity index is 1.89. The highest BCUT2D eigenvalue weighted by molar-refractivity contribution is 5.33. The summed E-state index contributed by atoms with van der Waals surface area (Å²) in [5.41, 5.74) is 2.73. The van der Waals surface area contributed by atoms with Gasteiger partial charge in [0.25, 0.3) is 5.69 Å². The van der Waals surface area contributed by atoms with Crippen LogP contribution in [0.25, 0.3) is 0 Å². The molecule has 1 aromatic carbocycles. The molecule has 1 N–H and O–H groups in total. The van der Waals surface area contributed by atoms with Crippen LogP contribution < -0.4 is 5.32 Å². The van der Waals surface area contributed by atoms with Gasteiger partial charge in [-0.15, -0.1) is 0 Å². The fraction of sp³-hybridized carbons (Fsp3) is 0.214. The Morgan fingerprint density at radius 3 is 2.50 bits per heavy atom. The van der Waals surface area contributed by atoms with Gasteiger partial charge in [-0.3, -0.25) is 10.1 Å². The minimum atomic E-state index is -0.412. The first kappa shape index (κ1) is 13.8. The van der Waals surface area contributed by atoms with Crippen molar-refractivity contribution in [2.45, 2.75) is 13.1 Å². The van der Waals surface area contributed by atoms with E-state index in [1.54, 1.807) is 16.7 Å². The number of nitrogens with zero attached hydrogens (tertiary/aromatic N) is 3. The van der Waals surface area contributed by atoms with Gasteiger partial charge in [-0.05, 0) is 17.2 Å². The number of non-ortho nitro benzene ring substituents is 1. The molecule has 0 unspecified atom stereocenters. The van der Waals surface area contributed by atoms with Gasteiger partial charge in [-0.2, -0.15) is 5.26 Å². The molecule has 0 saturated heterocycles. The average molecular weight is 270 g/mol. The number of nitriles is 1. The molecular formula is C14H14N4O2. The third kappa shape index (κ3) is 3.22. The predicted molar refractivity (Wildman–Crippen MR) is 73.8 cm³/mol. The summed E-state index contributed by atoms with van der Waals surface area (Å²) in [7, 11) is 1.83. The average Bonchev–Trinajstić information content (AvgIpc) is 2.79. The van der Waals surface area contributed by atoms with Crippen LogP contribution in [0.2, 0.25) is 0 Å². The summed E-state index contributed by atoms with van der Waals surface area (Å²) in [6.45, 7) is 1.27. The first-order valence-electron chi connectivity index (χ1n) is 6.09. The van der Waals surface area contributed by atoms with Gasteiger partial charge < -0.3 is 9.88 Å². The second kappa shape index (κ2) is 5.99. The topological polar surface area (TPSA) is 83.9 Å². The molecule has 0 aliphatic carbocycles. The zero-order valence-electron chi connectivity index (χ0n) is 11.0. The molecule has 0 atom stereocenters. The number of nitro groups is 1. The Morgan fingerprint density at radius 1 is 1.30 bits per heavy atom. The van der Waals surface area contributed by atoms with Crippen molar-refractivity contribution < 1.29 is 4.92 Å². The van der Waals surface area contributed by atoms with Crippen molar-refractivity contribution in [1.82, 2.24) is 9.88 Å². The van der Waals surface area contributed by atoms with E-state index >= 15 is 0 Å². The summed E-state index contributed by atoms with van der Waals surface area (Å²) in [4.78, 5) is 10.1. The molecule has 0 radical (unpaired) electrons. The summed E-state index contributed by atoms with van der Waals surface area (Å²) >= 11 is 0. The van der Waals surface area contributed by atoms with E-state index in [1.807, 2.05) is 19.3 Å². The van der Waals surface area contributed by atoms with E-state index in [2.05, 4.69) is 11.4 Å². The van der Waals surface area contributed by atoms with Crippen LogP contribution >= 0.6 is 0 Å². The Kier molecular flexibility index (Phi) is 4.13. The molecule has 0 fully saturated rings. The zero-order valence-corrected chi connectivity index (χ0v) is 11.0. The molecule has 1 heterocycles. The van der Waals surface area contributed by atoms with Crippen molar-refractivity contribution >= 4 is 5.69 Å². The fourth-order valence-corrected chi connectivity index (χ4v) is 1.93. The van der Waals surface area contributed by atoms with Gasteiger partial charge in [0.1, 0.15) is 11.8 Å². The SMILES string of the molecule is Cn1cc(CNCc2ccc([N+](=O)[O-])cc2)cc1C#N. The normalized spacial score (nSPS) is 10.2. The molecule has 0 spiro atoms. The number of benzene rings is 1. The lowest BCUT2D eigenvalue weighted by Gasteiger charge is -2.03. The van der Waals surface area contributed by atoms with Crippen LogP contribution in [0.5, 0.6) is 0 Å². The molecule has 20 heavy (non-hydrogen) atoms. The number of nitro benzene ring substituents is 1. The number of hydrogen-bond donors (Lipinski definition) is 1. The van der Waals surface area contributed by atoms with E-state index in [9.17, 15) is 10.1 Å². The highest BCUT2D eigenvalue weighted by atomic mass is 16.6. The molecule has 102 valence electrons. The standard InChI is InChI=1S/C14H14N4O2/c1-17-10-12(6-14(17)7-15)9-16-8-11-2-4-13(5-3-11)18(19)20/h2-6,10,16H,8-9H2,1H3. The third-order valence-corrected chi connectivity index (χ3v) is 2.98. The third-order valence-electron chi connectivity index (χ3n) is 2.98. The molecule has 0 amide bonds. The molecule has 0 bridgehead atoms. The minimum Gasteiger partial charge on any atom is -0.342 e. The summed E-state index contributed by atoms with van der Waals surface area (Å²) in [6, 6.07) is 10.4. The number of aryl methyl sites for hydroxylation is 1. The Morgan fingerprint density at radius 2 is 1.95 bits per heavy atom. The summed E-state index contributed by atoms with van der Waals surface area (Å²) in [5, 5.41) is 22.6. The van der Waals surface area contributed by atoms with E-state index in [1.165, 1.54) is 12.1 Å². The first-order chi connectivity index (χ1) is 9.60. The first-order valence-corrected chi connectivity index (χ1v) is 6.09. The van der Waals surface area contributed by atoms with Gasteiger partial charge >= 0.3 is 0 Å². The molecule has 0 saturated carbocycles. The maximum absolute atomic E-state index is 10.5. The van der Waals surface area contributed by atoms with Gasteiger partial charge in [0, 0.05) is 38.5 Å². The quantitative estimate of drug-likeness (QED) is 0.666. The van der Waals surface area contributed by atoms with Crippen molar-refractivity contribution in [3.8, 4) is 6.07 Å². The lowest BCUT2D eigenvalue weighted by atomic mass is 10.2. The van der Waals surface area contributed by atoms with Crippen LogP contribution in [0.4, 0.5) is 5.69 Å². The summed E-state index contributed by atoms with van der Waals surface area (Å²) in [6.07, 6.45) is 1.90. The highest BCUT2D eigenvalue weighted by Crippen LogP contribution is 2.12. The lowest BCUT2D eigenvalue weighted by Crippen LogP contribution is -2.12. The van der Waals surface area contributed by atoms with Crippen LogP contribution in [-0.2, 0) is 20.1 Å².